The van der Waals surface area contributed by atoms with Crippen molar-refractivity contribution in [3.05, 3.63) is 67.8 Å². The Kier molecular flexibility index (Phi) is 3.43. The number of benzene rings is 2. The van der Waals surface area contributed by atoms with Gasteiger partial charge in [-0.05, 0) is 18.7 Å². The number of hydrogen-bond acceptors (Lipinski definition) is 6. The Morgan fingerprint density at radius 2 is 1.76 bits per heavy atom. The van der Waals surface area contributed by atoms with E-state index in [1.807, 2.05) is 25.2 Å². The zero-order valence-corrected chi connectivity index (χ0v) is 13.4. The lowest BCUT2D eigenvalue weighted by molar-refractivity contribution is -0.394. The van der Waals surface area contributed by atoms with Crippen LogP contribution < -0.4 is 4.74 Å². The predicted octanol–water partition coefficient (Wildman–Crippen LogP) is 3.42. The summed E-state index contributed by atoms with van der Waals surface area (Å²) in [7, 11) is 1.97. The van der Waals surface area contributed by atoms with Crippen molar-refractivity contribution in [3.63, 3.8) is 0 Å². The molecule has 0 amide bonds. The van der Waals surface area contributed by atoms with Crippen molar-refractivity contribution in [1.29, 1.82) is 0 Å². The number of hydrogen-bond donors (Lipinski definition) is 0. The van der Waals surface area contributed by atoms with Crippen LogP contribution in [0.5, 0.6) is 11.5 Å². The van der Waals surface area contributed by atoms with Gasteiger partial charge in [0.05, 0.1) is 27.5 Å². The lowest BCUT2D eigenvalue weighted by Gasteiger charge is -2.17. The molecule has 2 aliphatic rings. The third-order valence-corrected chi connectivity index (χ3v) is 4.92. The number of nitrogens with zero attached hydrogens (tertiary/aromatic N) is 3. The lowest BCUT2D eigenvalue weighted by Crippen LogP contribution is -2.14. The first-order valence-electron chi connectivity index (χ1n) is 7.87. The van der Waals surface area contributed by atoms with Crippen molar-refractivity contribution in [2.24, 2.45) is 0 Å². The number of likely N-dealkylation sites (N-methyl/N-ethyl adjacent to an activating group) is 1. The standard InChI is InChI=1S/C17H15N3O5/c1-18-8-12-11-4-2-3-5-15(11)25-16-7-10(19(21)22)6-14(20(23)24)17(16)13(12)9-18/h2-7,12-13H,8-9H2,1H3. The average Bonchev–Trinajstić information content (AvgIpc) is 2.90. The Labute approximate surface area is 142 Å². The molecule has 2 aromatic rings. The van der Waals surface area contributed by atoms with Gasteiger partial charge in [-0.2, -0.15) is 0 Å². The normalized spacial score (nSPS) is 21.5. The van der Waals surface area contributed by atoms with Crippen molar-refractivity contribution in [1.82, 2.24) is 4.90 Å². The second-order valence-electron chi connectivity index (χ2n) is 6.47. The van der Waals surface area contributed by atoms with Gasteiger partial charge in [-0.1, -0.05) is 18.2 Å². The van der Waals surface area contributed by atoms with Crippen molar-refractivity contribution >= 4 is 11.4 Å². The highest BCUT2D eigenvalue weighted by Gasteiger charge is 2.43. The minimum atomic E-state index is -0.633. The van der Waals surface area contributed by atoms with Crippen LogP contribution in [0.15, 0.2) is 36.4 Å². The van der Waals surface area contributed by atoms with Crippen LogP contribution in [0.4, 0.5) is 11.4 Å². The Morgan fingerprint density at radius 3 is 2.48 bits per heavy atom. The van der Waals surface area contributed by atoms with E-state index in [-0.39, 0.29) is 29.0 Å². The molecule has 25 heavy (non-hydrogen) atoms. The third-order valence-electron chi connectivity index (χ3n) is 4.92. The molecule has 0 bridgehead atoms. The van der Waals surface area contributed by atoms with Crippen LogP contribution in [0.25, 0.3) is 0 Å². The van der Waals surface area contributed by atoms with Crippen LogP contribution in [0, 0.1) is 20.2 Å². The Hall–Kier alpha value is -3.00. The van der Waals surface area contributed by atoms with E-state index in [0.717, 1.165) is 18.2 Å². The fraction of sp³-hybridized carbons (Fsp3) is 0.294. The number of nitro groups is 2. The summed E-state index contributed by atoms with van der Waals surface area (Å²) in [6.45, 7) is 1.38. The molecule has 0 aromatic heterocycles. The summed E-state index contributed by atoms with van der Waals surface area (Å²) in [5.74, 6) is 0.699. The molecule has 2 aliphatic heterocycles. The highest BCUT2D eigenvalue weighted by molar-refractivity contribution is 5.63. The van der Waals surface area contributed by atoms with E-state index in [9.17, 15) is 20.2 Å². The topological polar surface area (TPSA) is 98.8 Å². The van der Waals surface area contributed by atoms with Gasteiger partial charge in [0.2, 0.25) is 0 Å². The number of non-ortho nitro benzene ring substituents is 1. The van der Waals surface area contributed by atoms with Gasteiger partial charge in [0, 0.05) is 24.9 Å². The van der Waals surface area contributed by atoms with Crippen molar-refractivity contribution < 1.29 is 14.6 Å². The molecule has 4 rings (SSSR count). The Bertz CT molecular complexity index is 898. The fourth-order valence-corrected chi connectivity index (χ4v) is 3.92. The average molecular weight is 341 g/mol. The number of ether oxygens (including phenoxy) is 1. The van der Waals surface area contributed by atoms with Crippen LogP contribution >= 0.6 is 0 Å². The number of para-hydroxylation sites is 1. The van der Waals surface area contributed by atoms with Gasteiger partial charge in [0.25, 0.3) is 11.4 Å². The van der Waals surface area contributed by atoms with Crippen molar-refractivity contribution in [3.8, 4) is 11.5 Å². The molecule has 0 saturated carbocycles. The highest BCUT2D eigenvalue weighted by atomic mass is 16.6. The number of nitro benzene ring substituents is 2. The van der Waals surface area contributed by atoms with Crippen LogP contribution in [0.3, 0.4) is 0 Å². The molecule has 0 spiro atoms. The highest BCUT2D eigenvalue weighted by Crippen LogP contribution is 2.53. The maximum absolute atomic E-state index is 11.6. The van der Waals surface area contributed by atoms with Crippen LogP contribution in [-0.4, -0.2) is 34.9 Å². The van der Waals surface area contributed by atoms with Crippen molar-refractivity contribution in [2.75, 3.05) is 20.1 Å². The van der Waals surface area contributed by atoms with E-state index in [0.29, 0.717) is 17.9 Å². The first-order chi connectivity index (χ1) is 12.0. The van der Waals surface area contributed by atoms with Gasteiger partial charge in [0.1, 0.15) is 11.5 Å². The first-order valence-corrected chi connectivity index (χ1v) is 7.87. The van der Waals surface area contributed by atoms with E-state index in [1.165, 1.54) is 6.07 Å². The third kappa shape index (κ3) is 2.42. The summed E-state index contributed by atoms with van der Waals surface area (Å²) in [6, 6.07) is 9.81. The van der Waals surface area contributed by atoms with Gasteiger partial charge in [-0.15, -0.1) is 0 Å². The summed E-state index contributed by atoms with van der Waals surface area (Å²) >= 11 is 0. The monoisotopic (exact) mass is 341 g/mol. The van der Waals surface area contributed by atoms with E-state index >= 15 is 0 Å². The summed E-state index contributed by atoms with van der Waals surface area (Å²) in [4.78, 5) is 23.7. The molecule has 2 unspecified atom stereocenters. The zero-order chi connectivity index (χ0) is 17.7. The minimum Gasteiger partial charge on any atom is -0.456 e. The molecule has 2 heterocycles. The molecule has 2 atom stereocenters. The van der Waals surface area contributed by atoms with E-state index in [4.69, 9.17) is 4.74 Å². The van der Waals surface area contributed by atoms with E-state index in [1.54, 1.807) is 6.07 Å². The Balaban J connectivity index is 2.00. The van der Waals surface area contributed by atoms with Crippen molar-refractivity contribution in [2.45, 2.75) is 11.8 Å². The minimum absolute atomic E-state index is 0.0441. The van der Waals surface area contributed by atoms with E-state index < -0.39 is 9.85 Å². The summed E-state index contributed by atoms with van der Waals surface area (Å²) in [5.41, 5.74) is 0.834. The van der Waals surface area contributed by atoms with Crippen LogP contribution in [0.1, 0.15) is 23.0 Å². The molecule has 1 saturated heterocycles. The molecule has 1 fully saturated rings. The molecular weight excluding hydrogens is 326 g/mol. The molecule has 0 aliphatic carbocycles. The van der Waals surface area contributed by atoms with Gasteiger partial charge >= 0.3 is 0 Å². The molecule has 0 radical (unpaired) electrons. The SMILES string of the molecule is CN1CC2c3ccccc3Oc3cc([N+](=O)[O-])cc([N+](=O)[O-])c3C2C1. The quantitative estimate of drug-likeness (QED) is 0.613. The van der Waals surface area contributed by atoms with Gasteiger partial charge in [0.15, 0.2) is 0 Å². The van der Waals surface area contributed by atoms with Crippen LogP contribution in [0.2, 0.25) is 0 Å². The fourth-order valence-electron chi connectivity index (χ4n) is 3.92. The van der Waals surface area contributed by atoms with Gasteiger partial charge in [-0.25, -0.2) is 0 Å². The van der Waals surface area contributed by atoms with E-state index in [2.05, 4.69) is 4.90 Å². The summed E-state index contributed by atoms with van der Waals surface area (Å²) in [6.07, 6.45) is 0. The number of likely N-dealkylation sites (tertiary alicyclic amines) is 1. The molecule has 8 heteroatoms. The second kappa shape index (κ2) is 5.52. The maximum atomic E-state index is 11.6. The Morgan fingerprint density at radius 1 is 1.04 bits per heavy atom. The zero-order valence-electron chi connectivity index (χ0n) is 13.4. The lowest BCUT2D eigenvalue weighted by atomic mass is 9.83. The largest absolute Gasteiger partial charge is 0.456 e. The molecule has 2 aromatic carbocycles. The maximum Gasteiger partial charge on any atom is 0.283 e. The molecule has 8 nitrogen and oxygen atoms in total. The smallest absolute Gasteiger partial charge is 0.283 e. The van der Waals surface area contributed by atoms with Gasteiger partial charge in [-0.3, -0.25) is 20.2 Å². The molecule has 0 N–H and O–H groups in total. The first kappa shape index (κ1) is 15.5. The molecular formula is C17H15N3O5. The summed E-state index contributed by atoms with van der Waals surface area (Å²) < 4.78 is 5.93. The predicted molar refractivity (Wildman–Crippen MR) is 89.2 cm³/mol. The van der Waals surface area contributed by atoms with Gasteiger partial charge < -0.3 is 9.64 Å². The number of rotatable bonds is 2. The van der Waals surface area contributed by atoms with Crippen LogP contribution in [-0.2, 0) is 0 Å². The number of fused-ring (bicyclic) bond motifs is 5. The second-order valence-corrected chi connectivity index (χ2v) is 6.47. The molecule has 128 valence electrons. The summed E-state index contributed by atoms with van der Waals surface area (Å²) in [5, 5.41) is 22.8.